The van der Waals surface area contributed by atoms with Crippen LogP contribution in [-0.4, -0.2) is 49.8 Å². The summed E-state index contributed by atoms with van der Waals surface area (Å²) in [6.45, 7) is 4.72. The third-order valence-electron chi connectivity index (χ3n) is 5.25. The number of anilines is 1. The van der Waals surface area contributed by atoms with E-state index in [1.54, 1.807) is 6.92 Å². The van der Waals surface area contributed by atoms with Gasteiger partial charge in [0.15, 0.2) is 18.1 Å². The molecule has 2 N–H and O–H groups in total. The zero-order chi connectivity index (χ0) is 24.3. The fourth-order valence-corrected chi connectivity index (χ4v) is 3.51. The number of nitrogens with zero attached hydrogens (tertiary/aromatic N) is 5. The van der Waals surface area contributed by atoms with E-state index >= 15 is 0 Å². The summed E-state index contributed by atoms with van der Waals surface area (Å²) in [7, 11) is 0. The number of aliphatic hydroxyl groups is 1. The Morgan fingerprint density at radius 3 is 2.91 bits per heavy atom. The second-order valence-corrected chi connectivity index (χ2v) is 8.36. The van der Waals surface area contributed by atoms with Crippen molar-refractivity contribution in [3.05, 3.63) is 58.9 Å². The van der Waals surface area contributed by atoms with Crippen LogP contribution in [0.1, 0.15) is 53.0 Å². The molecule has 1 atom stereocenters. The summed E-state index contributed by atoms with van der Waals surface area (Å²) in [4.78, 5) is 26.5. The Balaban J connectivity index is 1.33. The third-order valence-corrected chi connectivity index (χ3v) is 5.25. The lowest BCUT2D eigenvalue weighted by molar-refractivity contribution is 0.0838. The summed E-state index contributed by atoms with van der Waals surface area (Å²) in [5.41, 5.74) is 0.0864. The first kappa shape index (κ1) is 23.5. The maximum absolute atomic E-state index is 12.8. The Morgan fingerprint density at radius 2 is 2.18 bits per heavy atom. The van der Waals surface area contributed by atoms with Crippen molar-refractivity contribution < 1.29 is 27.9 Å². The van der Waals surface area contributed by atoms with E-state index in [1.165, 1.54) is 24.4 Å². The molecule has 3 aromatic rings. The first-order valence-corrected chi connectivity index (χ1v) is 10.6. The van der Waals surface area contributed by atoms with Gasteiger partial charge in [0.2, 0.25) is 0 Å². The number of rotatable bonds is 8. The molecule has 0 aliphatic carbocycles. The Bertz CT molecular complexity index is 1170. The molecule has 180 valence electrons. The Morgan fingerprint density at radius 1 is 1.35 bits per heavy atom. The Labute approximate surface area is 194 Å². The van der Waals surface area contributed by atoms with Gasteiger partial charge in [-0.15, -0.1) is 0 Å². The van der Waals surface area contributed by atoms with Gasteiger partial charge in [-0.1, -0.05) is 5.16 Å². The molecule has 0 radical (unpaired) electrons. The SMILES string of the molecule is Cc1cc(N2CC[C@](C)(O)C2)nc(OCc2cc(C(=O)NCc3ccnc(C(F)F)c3)no2)n1. The molecule has 10 nitrogen and oxygen atoms in total. The van der Waals surface area contributed by atoms with E-state index in [9.17, 15) is 18.7 Å². The number of aryl methyl sites for hydroxylation is 1. The van der Waals surface area contributed by atoms with E-state index in [0.29, 0.717) is 36.6 Å². The highest BCUT2D eigenvalue weighted by molar-refractivity contribution is 5.92. The number of carbonyl (C=O) groups excluding carboxylic acids is 1. The van der Waals surface area contributed by atoms with Crippen LogP contribution in [0.3, 0.4) is 0 Å². The van der Waals surface area contributed by atoms with Crippen molar-refractivity contribution in [1.29, 1.82) is 0 Å². The molecule has 1 fully saturated rings. The molecule has 0 spiro atoms. The molecule has 0 aromatic carbocycles. The van der Waals surface area contributed by atoms with Gasteiger partial charge in [-0.2, -0.15) is 4.98 Å². The maximum atomic E-state index is 12.8. The van der Waals surface area contributed by atoms with Gasteiger partial charge >= 0.3 is 6.01 Å². The van der Waals surface area contributed by atoms with Gasteiger partial charge in [0.05, 0.1) is 5.60 Å². The van der Waals surface area contributed by atoms with Crippen LogP contribution in [0.15, 0.2) is 35.0 Å². The topological polar surface area (TPSA) is 126 Å². The van der Waals surface area contributed by atoms with Gasteiger partial charge in [-0.05, 0) is 38.0 Å². The predicted molar refractivity (Wildman–Crippen MR) is 115 cm³/mol. The molecule has 1 amide bonds. The number of aromatic nitrogens is 4. The lowest BCUT2D eigenvalue weighted by atomic mass is 10.1. The van der Waals surface area contributed by atoms with Crippen molar-refractivity contribution in [3.8, 4) is 6.01 Å². The number of ether oxygens (including phenoxy) is 1. The van der Waals surface area contributed by atoms with E-state index in [1.807, 2.05) is 17.9 Å². The van der Waals surface area contributed by atoms with Crippen molar-refractivity contribution in [1.82, 2.24) is 25.4 Å². The van der Waals surface area contributed by atoms with Crippen LogP contribution in [0.5, 0.6) is 6.01 Å². The van der Waals surface area contributed by atoms with Crippen LogP contribution in [0.4, 0.5) is 14.6 Å². The van der Waals surface area contributed by atoms with Gasteiger partial charge in [-0.3, -0.25) is 9.78 Å². The third kappa shape index (κ3) is 5.81. The molecule has 0 bridgehead atoms. The van der Waals surface area contributed by atoms with Crippen LogP contribution in [0.25, 0.3) is 0 Å². The zero-order valence-corrected chi connectivity index (χ0v) is 18.7. The minimum absolute atomic E-state index is 0.0203. The van der Waals surface area contributed by atoms with Gasteiger partial charge in [-0.25, -0.2) is 13.8 Å². The highest BCUT2D eigenvalue weighted by atomic mass is 19.3. The highest BCUT2D eigenvalue weighted by Gasteiger charge is 2.32. The molecular weight excluding hydrogens is 450 g/mol. The van der Waals surface area contributed by atoms with Crippen molar-refractivity contribution in [3.63, 3.8) is 0 Å². The van der Waals surface area contributed by atoms with E-state index in [-0.39, 0.29) is 36.3 Å². The standard InChI is InChI=1S/C22H24F2N6O4/c1-13-7-18(30-6-4-22(2,32)12-30)28-21(27-13)33-11-15-9-17(29-34-15)20(31)26-10-14-3-5-25-16(8-14)19(23)24/h3,5,7-9,19,32H,4,6,10-12H2,1-2H3,(H,26,31)/t22-/m0/s1. The average molecular weight is 474 g/mol. The molecule has 4 heterocycles. The molecule has 4 rings (SSSR count). The first-order valence-electron chi connectivity index (χ1n) is 10.6. The number of hydrogen-bond donors (Lipinski definition) is 2. The summed E-state index contributed by atoms with van der Waals surface area (Å²) in [5.74, 6) is 0.411. The molecular formula is C22H24F2N6O4. The van der Waals surface area contributed by atoms with E-state index < -0.39 is 17.9 Å². The lowest BCUT2D eigenvalue weighted by Crippen LogP contribution is -2.30. The largest absolute Gasteiger partial charge is 0.455 e. The molecule has 1 saturated heterocycles. The summed E-state index contributed by atoms with van der Waals surface area (Å²) < 4.78 is 36.3. The highest BCUT2D eigenvalue weighted by Crippen LogP contribution is 2.26. The smallest absolute Gasteiger partial charge is 0.319 e. The number of halogens is 2. The number of hydrogen-bond acceptors (Lipinski definition) is 9. The lowest BCUT2D eigenvalue weighted by Gasteiger charge is -2.20. The normalized spacial score (nSPS) is 17.9. The Hall–Kier alpha value is -3.67. The maximum Gasteiger partial charge on any atom is 0.319 e. The summed E-state index contributed by atoms with van der Waals surface area (Å²) in [6.07, 6.45) is -0.782. The van der Waals surface area contributed by atoms with Gasteiger partial charge in [0, 0.05) is 43.7 Å². The quantitative estimate of drug-likeness (QED) is 0.506. The second kappa shape index (κ2) is 9.67. The van der Waals surface area contributed by atoms with Gasteiger partial charge in [0.25, 0.3) is 12.3 Å². The molecule has 1 aliphatic heterocycles. The number of carbonyl (C=O) groups is 1. The summed E-state index contributed by atoms with van der Waals surface area (Å²) in [5, 5.41) is 16.5. The number of amides is 1. The molecule has 12 heteroatoms. The van der Waals surface area contributed by atoms with Crippen molar-refractivity contribution in [2.45, 2.75) is 45.4 Å². The van der Waals surface area contributed by atoms with Crippen molar-refractivity contribution in [2.75, 3.05) is 18.0 Å². The minimum atomic E-state index is -2.69. The van der Waals surface area contributed by atoms with Crippen LogP contribution in [0.2, 0.25) is 0 Å². The fourth-order valence-electron chi connectivity index (χ4n) is 3.51. The van der Waals surface area contributed by atoms with Crippen LogP contribution in [-0.2, 0) is 13.2 Å². The Kier molecular flexibility index (Phi) is 6.68. The fraction of sp³-hybridized carbons (Fsp3) is 0.409. The van der Waals surface area contributed by atoms with E-state index in [0.717, 1.165) is 0 Å². The first-order chi connectivity index (χ1) is 16.2. The van der Waals surface area contributed by atoms with Crippen molar-refractivity contribution in [2.24, 2.45) is 0 Å². The van der Waals surface area contributed by atoms with Gasteiger partial charge < -0.3 is 24.6 Å². The number of pyridine rings is 1. The molecule has 34 heavy (non-hydrogen) atoms. The minimum Gasteiger partial charge on any atom is -0.455 e. The number of alkyl halides is 2. The summed E-state index contributed by atoms with van der Waals surface area (Å²) in [6, 6.07) is 6.13. The molecule has 3 aromatic heterocycles. The predicted octanol–water partition coefficient (Wildman–Crippen LogP) is 2.58. The average Bonchev–Trinajstić information content (AvgIpc) is 3.42. The molecule has 0 saturated carbocycles. The molecule has 1 aliphatic rings. The number of nitrogens with one attached hydrogen (secondary N) is 1. The van der Waals surface area contributed by atoms with Crippen LogP contribution >= 0.6 is 0 Å². The van der Waals surface area contributed by atoms with Crippen molar-refractivity contribution >= 4 is 11.7 Å². The van der Waals surface area contributed by atoms with Gasteiger partial charge in [0.1, 0.15) is 11.5 Å². The zero-order valence-electron chi connectivity index (χ0n) is 18.7. The van der Waals surface area contributed by atoms with E-state index in [4.69, 9.17) is 9.26 Å². The van der Waals surface area contributed by atoms with Crippen LogP contribution in [0, 0.1) is 6.92 Å². The van der Waals surface area contributed by atoms with E-state index in [2.05, 4.69) is 25.4 Å². The molecule has 0 unspecified atom stereocenters. The summed E-state index contributed by atoms with van der Waals surface area (Å²) >= 11 is 0. The monoisotopic (exact) mass is 474 g/mol. The number of β-amino-alcohol motifs (C(OH)–C–C–N with tert-alkyl or cyclic N) is 1. The second-order valence-electron chi connectivity index (χ2n) is 8.36. The van der Waals surface area contributed by atoms with Crippen LogP contribution < -0.4 is 15.0 Å².